The molecule has 23 heavy (non-hydrogen) atoms. The normalized spacial score (nSPS) is 10.7. The molecule has 0 aliphatic rings. The second-order valence-electron chi connectivity index (χ2n) is 5.29. The molecular formula is C18H15ClN2O2. The summed E-state index contributed by atoms with van der Waals surface area (Å²) in [6.07, 6.45) is 1.57. The first-order chi connectivity index (χ1) is 11.0. The highest BCUT2D eigenvalue weighted by atomic mass is 35.5. The van der Waals surface area contributed by atoms with Crippen molar-refractivity contribution in [1.29, 1.82) is 0 Å². The fourth-order valence-electron chi connectivity index (χ4n) is 2.58. The van der Waals surface area contributed by atoms with Gasteiger partial charge in [0.05, 0.1) is 11.1 Å². The Morgan fingerprint density at radius 1 is 1.09 bits per heavy atom. The molecule has 0 spiro atoms. The van der Waals surface area contributed by atoms with Gasteiger partial charge in [-0.05, 0) is 30.3 Å². The summed E-state index contributed by atoms with van der Waals surface area (Å²) >= 11 is 6.06. The zero-order valence-electron chi connectivity index (χ0n) is 12.8. The van der Waals surface area contributed by atoms with Gasteiger partial charge < -0.3 is 4.90 Å². The lowest BCUT2D eigenvalue weighted by atomic mass is 10.1. The average Bonchev–Trinajstić information content (AvgIpc) is 2.93. The van der Waals surface area contributed by atoms with Crippen molar-refractivity contribution in [3.8, 4) is 0 Å². The van der Waals surface area contributed by atoms with Gasteiger partial charge in [0.25, 0.3) is 5.91 Å². The van der Waals surface area contributed by atoms with Crippen LogP contribution in [0.1, 0.15) is 22.1 Å². The second-order valence-corrected chi connectivity index (χ2v) is 5.73. The Morgan fingerprint density at radius 2 is 1.78 bits per heavy atom. The minimum absolute atomic E-state index is 0.154. The van der Waals surface area contributed by atoms with Crippen molar-refractivity contribution in [2.75, 3.05) is 11.9 Å². The maximum absolute atomic E-state index is 12.9. The molecule has 1 heterocycles. The third-order valence-corrected chi connectivity index (χ3v) is 4.02. The number of hydrogen-bond acceptors (Lipinski definition) is 2. The highest BCUT2D eigenvalue weighted by molar-refractivity contribution is 6.31. The van der Waals surface area contributed by atoms with Gasteiger partial charge in [-0.15, -0.1) is 0 Å². The zero-order valence-corrected chi connectivity index (χ0v) is 13.5. The van der Waals surface area contributed by atoms with Crippen LogP contribution in [0.15, 0.2) is 54.7 Å². The van der Waals surface area contributed by atoms with E-state index in [1.54, 1.807) is 36.3 Å². The Bertz CT molecular complexity index is 900. The van der Waals surface area contributed by atoms with E-state index in [-0.39, 0.29) is 11.8 Å². The first-order valence-electron chi connectivity index (χ1n) is 7.13. The molecule has 0 fully saturated rings. The number of carbonyl (C=O) groups excluding carboxylic acids is 2. The zero-order chi connectivity index (χ0) is 16.6. The quantitative estimate of drug-likeness (QED) is 0.707. The number of anilines is 1. The van der Waals surface area contributed by atoms with Crippen LogP contribution in [-0.2, 0) is 0 Å². The van der Waals surface area contributed by atoms with Gasteiger partial charge >= 0.3 is 0 Å². The van der Waals surface area contributed by atoms with Crippen molar-refractivity contribution in [2.45, 2.75) is 6.92 Å². The molecular weight excluding hydrogens is 312 g/mol. The van der Waals surface area contributed by atoms with Crippen molar-refractivity contribution in [2.24, 2.45) is 0 Å². The van der Waals surface area contributed by atoms with E-state index in [1.165, 1.54) is 11.5 Å². The molecule has 0 saturated heterocycles. The van der Waals surface area contributed by atoms with Crippen LogP contribution in [0, 0.1) is 0 Å². The first kappa shape index (κ1) is 15.3. The largest absolute Gasteiger partial charge is 0.311 e. The topological polar surface area (TPSA) is 42.3 Å². The fourth-order valence-corrected chi connectivity index (χ4v) is 2.75. The highest BCUT2D eigenvalue weighted by Gasteiger charge is 2.20. The predicted octanol–water partition coefficient (Wildman–Crippen LogP) is 4.23. The van der Waals surface area contributed by atoms with Crippen molar-refractivity contribution in [3.63, 3.8) is 0 Å². The minimum atomic E-state index is -0.191. The van der Waals surface area contributed by atoms with E-state index in [4.69, 9.17) is 11.6 Å². The molecule has 0 radical (unpaired) electrons. The van der Waals surface area contributed by atoms with E-state index in [2.05, 4.69) is 0 Å². The molecule has 1 amide bonds. The average molecular weight is 327 g/mol. The number of carbonyl (C=O) groups is 2. The third-order valence-electron chi connectivity index (χ3n) is 3.78. The standard InChI is InChI=1S/C18H15ClN2O2/c1-12(22)21-11-16(15-10-13(19)8-9-17(15)21)18(23)20(2)14-6-4-3-5-7-14/h3-11H,1-2H3. The molecule has 2 aromatic carbocycles. The number of amides is 1. The smallest absolute Gasteiger partial charge is 0.260 e. The number of para-hydroxylation sites is 1. The van der Waals surface area contributed by atoms with Gasteiger partial charge in [0, 0.05) is 36.3 Å². The Kier molecular flexibility index (Phi) is 3.92. The van der Waals surface area contributed by atoms with Gasteiger partial charge in [0.15, 0.2) is 0 Å². The van der Waals surface area contributed by atoms with E-state index in [0.29, 0.717) is 21.5 Å². The molecule has 0 bridgehead atoms. The number of nitrogens with zero attached hydrogens (tertiary/aromatic N) is 2. The summed E-state index contributed by atoms with van der Waals surface area (Å²) in [6.45, 7) is 1.46. The number of fused-ring (bicyclic) bond motifs is 1. The maximum atomic E-state index is 12.9. The lowest BCUT2D eigenvalue weighted by Crippen LogP contribution is -2.26. The van der Waals surface area contributed by atoms with Crippen LogP contribution in [0.3, 0.4) is 0 Å². The number of halogens is 1. The lowest BCUT2D eigenvalue weighted by molar-refractivity contribution is 0.0941. The summed E-state index contributed by atoms with van der Waals surface area (Å²) in [4.78, 5) is 26.2. The molecule has 5 heteroatoms. The molecule has 0 atom stereocenters. The van der Waals surface area contributed by atoms with Crippen LogP contribution < -0.4 is 4.90 Å². The van der Waals surface area contributed by atoms with E-state index >= 15 is 0 Å². The fraction of sp³-hybridized carbons (Fsp3) is 0.111. The van der Waals surface area contributed by atoms with Crippen molar-refractivity contribution in [3.05, 3.63) is 65.3 Å². The van der Waals surface area contributed by atoms with Crippen LogP contribution in [0.2, 0.25) is 5.02 Å². The van der Waals surface area contributed by atoms with E-state index in [0.717, 1.165) is 5.69 Å². The Labute approximate surface area is 138 Å². The molecule has 0 saturated carbocycles. The van der Waals surface area contributed by atoms with Gasteiger partial charge in [-0.25, -0.2) is 0 Å². The van der Waals surface area contributed by atoms with Crippen LogP contribution in [0.4, 0.5) is 5.69 Å². The maximum Gasteiger partial charge on any atom is 0.260 e. The first-order valence-corrected chi connectivity index (χ1v) is 7.51. The summed E-state index contributed by atoms with van der Waals surface area (Å²) < 4.78 is 1.47. The van der Waals surface area contributed by atoms with Crippen LogP contribution >= 0.6 is 11.6 Å². The third kappa shape index (κ3) is 2.73. The van der Waals surface area contributed by atoms with Crippen molar-refractivity contribution >= 4 is 40.0 Å². The molecule has 1 aromatic heterocycles. The van der Waals surface area contributed by atoms with Gasteiger partial charge in [0.2, 0.25) is 5.91 Å². The second kappa shape index (κ2) is 5.89. The summed E-state index contributed by atoms with van der Waals surface area (Å²) in [6, 6.07) is 14.5. The summed E-state index contributed by atoms with van der Waals surface area (Å²) in [5.41, 5.74) is 1.90. The predicted molar refractivity (Wildman–Crippen MR) is 92.4 cm³/mol. The summed E-state index contributed by atoms with van der Waals surface area (Å²) in [5, 5.41) is 1.19. The van der Waals surface area contributed by atoms with E-state index in [9.17, 15) is 9.59 Å². The Morgan fingerprint density at radius 3 is 2.43 bits per heavy atom. The Hall–Kier alpha value is -2.59. The van der Waals surface area contributed by atoms with E-state index in [1.807, 2.05) is 30.3 Å². The van der Waals surface area contributed by atoms with Gasteiger partial charge in [-0.3, -0.25) is 14.2 Å². The SMILES string of the molecule is CC(=O)n1cc(C(=O)N(C)c2ccccc2)c2cc(Cl)ccc21. The molecule has 0 N–H and O–H groups in total. The van der Waals surface area contributed by atoms with E-state index < -0.39 is 0 Å². The molecule has 3 aromatic rings. The monoisotopic (exact) mass is 326 g/mol. The number of aromatic nitrogens is 1. The molecule has 4 nitrogen and oxygen atoms in total. The summed E-state index contributed by atoms with van der Waals surface area (Å²) in [5.74, 6) is -0.345. The summed E-state index contributed by atoms with van der Waals surface area (Å²) in [7, 11) is 1.71. The highest BCUT2D eigenvalue weighted by Crippen LogP contribution is 2.27. The van der Waals surface area contributed by atoms with Gasteiger partial charge in [-0.1, -0.05) is 29.8 Å². The molecule has 0 aliphatic carbocycles. The van der Waals surface area contributed by atoms with Crippen LogP contribution in [0.25, 0.3) is 10.9 Å². The van der Waals surface area contributed by atoms with Gasteiger partial charge in [0.1, 0.15) is 0 Å². The van der Waals surface area contributed by atoms with Crippen LogP contribution in [0.5, 0.6) is 0 Å². The van der Waals surface area contributed by atoms with Crippen LogP contribution in [-0.4, -0.2) is 23.4 Å². The minimum Gasteiger partial charge on any atom is -0.311 e. The number of benzene rings is 2. The number of hydrogen-bond donors (Lipinski definition) is 0. The molecule has 116 valence electrons. The molecule has 0 unspecified atom stereocenters. The van der Waals surface area contributed by atoms with Crippen molar-refractivity contribution < 1.29 is 9.59 Å². The molecule has 3 rings (SSSR count). The Balaban J connectivity index is 2.14. The number of rotatable bonds is 2. The lowest BCUT2D eigenvalue weighted by Gasteiger charge is -2.16. The van der Waals surface area contributed by atoms with Crippen molar-refractivity contribution in [1.82, 2.24) is 4.57 Å². The van der Waals surface area contributed by atoms with Gasteiger partial charge in [-0.2, -0.15) is 0 Å². The molecule has 0 aliphatic heterocycles.